The van der Waals surface area contributed by atoms with Crippen molar-refractivity contribution in [2.24, 2.45) is 0 Å². The van der Waals surface area contributed by atoms with Crippen LogP contribution in [0.1, 0.15) is 16.4 Å². The molecule has 1 aromatic heterocycles. The minimum absolute atomic E-state index is 0.224. The van der Waals surface area contributed by atoms with E-state index in [1.165, 1.54) is 12.3 Å². The predicted octanol–water partition coefficient (Wildman–Crippen LogP) is 4.94. The number of hydrogen-bond acceptors (Lipinski definition) is 1. The lowest BCUT2D eigenvalue weighted by Crippen LogP contribution is -2.47. The molecule has 0 unspecified atom stereocenters. The van der Waals surface area contributed by atoms with Crippen LogP contribution in [0.25, 0.3) is 0 Å². The monoisotopic (exact) mass is 305 g/mol. The lowest BCUT2D eigenvalue weighted by Gasteiger charge is -2.38. The number of aromatic nitrogens is 1. The van der Waals surface area contributed by atoms with Crippen LogP contribution in [0.15, 0.2) is 18.3 Å². The molecule has 0 bridgehead atoms. The maximum atomic E-state index is 12.8. The fourth-order valence-corrected chi connectivity index (χ4v) is 15.5. The second-order valence-electron chi connectivity index (χ2n) is 7.13. The van der Waals surface area contributed by atoms with Crippen molar-refractivity contribution in [3.8, 4) is 0 Å². The summed E-state index contributed by atoms with van der Waals surface area (Å²) in [5.41, 5.74) is 0.0483. The topological polar surface area (TPSA) is 12.9 Å². The van der Waals surface area contributed by atoms with Crippen LogP contribution in [0.3, 0.4) is 0 Å². The molecule has 0 saturated carbocycles. The van der Waals surface area contributed by atoms with Gasteiger partial charge in [0.1, 0.15) is 0 Å². The van der Waals surface area contributed by atoms with Gasteiger partial charge in [0.2, 0.25) is 0 Å². The van der Waals surface area contributed by atoms with Crippen molar-refractivity contribution in [3.05, 3.63) is 29.6 Å². The second-order valence-corrected chi connectivity index (χ2v) is 18.3. The molecular formula is C13H22F3NSi2. The smallest absolute Gasteiger partial charge is 0.262 e. The number of rotatable bonds is 3. The molecule has 0 N–H and O–H groups in total. The highest BCUT2D eigenvalue weighted by atomic mass is 28.4. The Kier molecular flexibility index (Phi) is 4.37. The second kappa shape index (κ2) is 5.05. The Bertz CT molecular complexity index is 430. The summed E-state index contributed by atoms with van der Waals surface area (Å²) < 4.78 is 38.5. The predicted molar refractivity (Wildman–Crippen MR) is 78.7 cm³/mol. The zero-order chi connectivity index (χ0) is 15.1. The summed E-state index contributed by atoms with van der Waals surface area (Å²) in [5.74, 6) is 0. The van der Waals surface area contributed by atoms with Gasteiger partial charge in [-0.1, -0.05) is 39.3 Å². The standard InChI is InChI=1S/C13H22F3NSi2/c1-18(2,3)12(19(4,5)6)11-9-10(7-8-17-11)13(14,15)16/h7-9,12H,1-6H3. The third-order valence-electron chi connectivity index (χ3n) is 3.14. The number of halogens is 3. The fourth-order valence-electron chi connectivity index (χ4n) is 2.97. The van der Waals surface area contributed by atoms with Gasteiger partial charge in [0.05, 0.1) is 21.7 Å². The molecule has 0 saturated heterocycles. The maximum Gasteiger partial charge on any atom is 0.416 e. The van der Waals surface area contributed by atoms with Crippen molar-refractivity contribution in [3.63, 3.8) is 0 Å². The average molecular weight is 305 g/mol. The van der Waals surface area contributed by atoms with E-state index in [0.29, 0.717) is 5.69 Å². The van der Waals surface area contributed by atoms with Crippen molar-refractivity contribution in [1.82, 2.24) is 4.98 Å². The number of pyridine rings is 1. The lowest BCUT2D eigenvalue weighted by atomic mass is 10.2. The number of nitrogens with zero attached hydrogens (tertiary/aromatic N) is 1. The summed E-state index contributed by atoms with van der Waals surface area (Å²) in [6.45, 7) is 13.2. The summed E-state index contributed by atoms with van der Waals surface area (Å²) >= 11 is 0. The minimum Gasteiger partial charge on any atom is -0.262 e. The van der Waals surface area contributed by atoms with E-state index in [4.69, 9.17) is 0 Å². The Labute approximate surface area is 115 Å². The van der Waals surface area contributed by atoms with Crippen molar-refractivity contribution in [2.45, 2.75) is 50.6 Å². The fraction of sp³-hybridized carbons (Fsp3) is 0.615. The first kappa shape index (κ1) is 16.4. The van der Waals surface area contributed by atoms with E-state index in [0.717, 1.165) is 6.07 Å². The molecule has 19 heavy (non-hydrogen) atoms. The Balaban J connectivity index is 3.34. The van der Waals surface area contributed by atoms with E-state index < -0.39 is 27.9 Å². The molecule has 0 fully saturated rings. The molecule has 0 spiro atoms. The van der Waals surface area contributed by atoms with Crippen LogP contribution in [-0.4, -0.2) is 21.1 Å². The molecule has 0 aliphatic rings. The van der Waals surface area contributed by atoms with E-state index in [1.54, 1.807) is 0 Å². The van der Waals surface area contributed by atoms with Crippen molar-refractivity contribution in [2.75, 3.05) is 0 Å². The molecule has 1 rings (SSSR count). The zero-order valence-corrected chi connectivity index (χ0v) is 14.4. The van der Waals surface area contributed by atoms with Gasteiger partial charge in [-0.2, -0.15) is 13.2 Å². The molecule has 0 aliphatic carbocycles. The van der Waals surface area contributed by atoms with Crippen molar-refractivity contribution in [1.29, 1.82) is 0 Å². The summed E-state index contributed by atoms with van der Waals surface area (Å²) in [6, 6.07) is 2.30. The van der Waals surface area contributed by atoms with Crippen LogP contribution in [0, 0.1) is 0 Å². The van der Waals surface area contributed by atoms with Crippen LogP contribution >= 0.6 is 0 Å². The molecule has 108 valence electrons. The van der Waals surface area contributed by atoms with E-state index in [9.17, 15) is 13.2 Å². The lowest BCUT2D eigenvalue weighted by molar-refractivity contribution is -0.137. The SMILES string of the molecule is C[Si](C)(C)C(c1cc(C(F)(F)F)ccn1)[Si](C)(C)C. The van der Waals surface area contributed by atoms with Crippen LogP contribution in [-0.2, 0) is 6.18 Å². The highest BCUT2D eigenvalue weighted by Gasteiger charge is 2.40. The van der Waals surface area contributed by atoms with Gasteiger partial charge in [-0.3, -0.25) is 4.98 Å². The van der Waals surface area contributed by atoms with E-state index in [1.807, 2.05) is 0 Å². The summed E-state index contributed by atoms with van der Waals surface area (Å²) in [7, 11) is -3.23. The van der Waals surface area contributed by atoms with Gasteiger partial charge in [0.15, 0.2) is 0 Å². The van der Waals surface area contributed by atoms with Gasteiger partial charge in [-0.15, -0.1) is 0 Å². The Morgan fingerprint density at radius 3 is 1.84 bits per heavy atom. The summed E-state index contributed by atoms with van der Waals surface area (Å²) in [4.78, 5) is 4.26. The van der Waals surface area contributed by atoms with E-state index in [-0.39, 0.29) is 5.16 Å². The van der Waals surface area contributed by atoms with Gasteiger partial charge in [-0.05, 0) is 17.3 Å². The van der Waals surface area contributed by atoms with Crippen LogP contribution < -0.4 is 0 Å². The van der Waals surface area contributed by atoms with Gasteiger partial charge in [0, 0.05) is 11.9 Å². The zero-order valence-electron chi connectivity index (χ0n) is 12.4. The highest BCUT2D eigenvalue weighted by Crippen LogP contribution is 2.37. The van der Waals surface area contributed by atoms with Gasteiger partial charge >= 0.3 is 6.18 Å². The Morgan fingerprint density at radius 1 is 1.00 bits per heavy atom. The first-order valence-corrected chi connectivity index (χ1v) is 13.5. The summed E-state index contributed by atoms with van der Waals surface area (Å²) in [6.07, 6.45) is -2.99. The van der Waals surface area contributed by atoms with E-state index in [2.05, 4.69) is 44.3 Å². The Morgan fingerprint density at radius 2 is 1.47 bits per heavy atom. The van der Waals surface area contributed by atoms with Gasteiger partial charge < -0.3 is 0 Å². The van der Waals surface area contributed by atoms with Gasteiger partial charge in [0.25, 0.3) is 0 Å². The van der Waals surface area contributed by atoms with Gasteiger partial charge in [-0.25, -0.2) is 0 Å². The molecule has 0 aliphatic heterocycles. The third kappa shape index (κ3) is 4.17. The average Bonchev–Trinajstić information content (AvgIpc) is 2.11. The molecule has 0 radical (unpaired) electrons. The first-order valence-electron chi connectivity index (χ1n) is 6.36. The van der Waals surface area contributed by atoms with Crippen LogP contribution in [0.4, 0.5) is 13.2 Å². The van der Waals surface area contributed by atoms with Crippen molar-refractivity contribution < 1.29 is 13.2 Å². The summed E-state index contributed by atoms with van der Waals surface area (Å²) in [5, 5.41) is 0.224. The van der Waals surface area contributed by atoms with E-state index >= 15 is 0 Å². The maximum absolute atomic E-state index is 12.8. The highest BCUT2D eigenvalue weighted by molar-refractivity contribution is 6.96. The van der Waals surface area contributed by atoms with Crippen molar-refractivity contribution >= 4 is 16.1 Å². The Hall–Kier alpha value is -0.626. The largest absolute Gasteiger partial charge is 0.416 e. The molecule has 0 amide bonds. The molecule has 1 nitrogen and oxygen atoms in total. The first-order chi connectivity index (χ1) is 8.33. The van der Waals surface area contributed by atoms with Crippen LogP contribution in [0.5, 0.6) is 0 Å². The molecule has 0 atom stereocenters. The quantitative estimate of drug-likeness (QED) is 0.721. The minimum atomic E-state index is -4.29. The normalized spacial score (nSPS) is 14.0. The number of hydrogen-bond donors (Lipinski definition) is 0. The molecule has 1 heterocycles. The third-order valence-corrected chi connectivity index (χ3v) is 12.4. The molecule has 0 aromatic carbocycles. The number of alkyl halides is 3. The molecule has 6 heteroatoms. The molecular weight excluding hydrogens is 283 g/mol. The molecule has 1 aromatic rings. The van der Waals surface area contributed by atoms with Crippen LogP contribution in [0.2, 0.25) is 39.3 Å².